The Morgan fingerprint density at radius 3 is 2.48 bits per heavy atom. The molecular formula is C19H25NO3. The highest BCUT2D eigenvalue weighted by atomic mass is 16.3. The molecule has 124 valence electrons. The van der Waals surface area contributed by atoms with E-state index in [0.29, 0.717) is 18.8 Å². The minimum Gasteiger partial charge on any atom is -0.451 e. The van der Waals surface area contributed by atoms with E-state index in [4.69, 9.17) is 4.42 Å². The van der Waals surface area contributed by atoms with E-state index in [-0.39, 0.29) is 17.9 Å². The molecule has 1 saturated heterocycles. The summed E-state index contributed by atoms with van der Waals surface area (Å²) in [5.41, 5.74) is 3.12. The average Bonchev–Trinajstić information content (AvgIpc) is 2.97. The number of carbonyl (C=O) groups excluding carboxylic acids is 1. The third-order valence-electron chi connectivity index (χ3n) is 5.54. The van der Waals surface area contributed by atoms with Crippen LogP contribution in [0.4, 0.5) is 0 Å². The first kappa shape index (κ1) is 16.1. The highest BCUT2D eigenvalue weighted by Crippen LogP contribution is 2.35. The van der Waals surface area contributed by atoms with Gasteiger partial charge < -0.3 is 14.4 Å². The van der Waals surface area contributed by atoms with Gasteiger partial charge in [0.05, 0.1) is 0 Å². The lowest BCUT2D eigenvalue weighted by molar-refractivity contribution is 0.0321. The zero-order valence-electron chi connectivity index (χ0n) is 14.2. The van der Waals surface area contributed by atoms with Crippen LogP contribution in [0.25, 0.3) is 11.0 Å². The molecule has 0 unspecified atom stereocenters. The summed E-state index contributed by atoms with van der Waals surface area (Å²) in [5.74, 6) is 0.372. The molecule has 23 heavy (non-hydrogen) atoms. The van der Waals surface area contributed by atoms with Crippen molar-refractivity contribution < 1.29 is 14.3 Å². The third kappa shape index (κ3) is 2.88. The van der Waals surface area contributed by atoms with Gasteiger partial charge in [-0.15, -0.1) is 0 Å². The van der Waals surface area contributed by atoms with Gasteiger partial charge in [0.25, 0.3) is 5.91 Å². The van der Waals surface area contributed by atoms with Crippen LogP contribution < -0.4 is 0 Å². The number of likely N-dealkylation sites (tertiary alicyclic amines) is 1. The van der Waals surface area contributed by atoms with E-state index < -0.39 is 0 Å². The first-order valence-electron chi connectivity index (χ1n) is 8.39. The normalized spacial score (nSPS) is 17.7. The van der Waals surface area contributed by atoms with Crippen LogP contribution in [0.15, 0.2) is 22.6 Å². The Labute approximate surface area is 137 Å². The second-order valence-corrected chi connectivity index (χ2v) is 6.89. The second-order valence-electron chi connectivity index (χ2n) is 6.89. The topological polar surface area (TPSA) is 53.7 Å². The minimum absolute atomic E-state index is 0.0150. The molecule has 0 spiro atoms. The van der Waals surface area contributed by atoms with Gasteiger partial charge in [0, 0.05) is 25.1 Å². The van der Waals surface area contributed by atoms with Crippen LogP contribution in [0.1, 0.15) is 47.9 Å². The molecule has 1 N–H and O–H groups in total. The Kier molecular flexibility index (Phi) is 4.19. The molecule has 1 fully saturated rings. The molecule has 1 aliphatic heterocycles. The fourth-order valence-corrected chi connectivity index (χ4v) is 3.37. The minimum atomic E-state index is -0.0425. The smallest absolute Gasteiger partial charge is 0.289 e. The Bertz CT molecular complexity index is 679. The molecule has 0 atom stereocenters. The third-order valence-corrected chi connectivity index (χ3v) is 5.54. The van der Waals surface area contributed by atoms with Crippen molar-refractivity contribution in [1.29, 1.82) is 0 Å². The number of piperidine rings is 1. The van der Waals surface area contributed by atoms with Gasteiger partial charge in [-0.3, -0.25) is 4.79 Å². The van der Waals surface area contributed by atoms with Crippen LogP contribution in [0.5, 0.6) is 0 Å². The molecule has 1 aromatic heterocycles. The van der Waals surface area contributed by atoms with E-state index in [9.17, 15) is 9.90 Å². The molecule has 2 heterocycles. The van der Waals surface area contributed by atoms with Crippen molar-refractivity contribution in [2.45, 2.75) is 40.0 Å². The number of aryl methyl sites for hydroxylation is 2. The van der Waals surface area contributed by atoms with Crippen LogP contribution in [0.3, 0.4) is 0 Å². The van der Waals surface area contributed by atoms with E-state index in [1.54, 1.807) is 0 Å². The quantitative estimate of drug-likeness (QED) is 0.940. The van der Waals surface area contributed by atoms with Crippen LogP contribution in [0, 0.1) is 19.3 Å². The molecule has 1 aliphatic rings. The summed E-state index contributed by atoms with van der Waals surface area (Å²) in [7, 11) is 0. The number of furan rings is 1. The number of carbonyl (C=O) groups is 1. The lowest BCUT2D eigenvalue weighted by Gasteiger charge is -2.39. The van der Waals surface area contributed by atoms with Crippen LogP contribution in [-0.2, 0) is 0 Å². The number of benzene rings is 1. The highest BCUT2D eigenvalue weighted by Gasteiger charge is 2.34. The van der Waals surface area contributed by atoms with E-state index in [0.717, 1.165) is 30.2 Å². The van der Waals surface area contributed by atoms with Crippen LogP contribution in [-0.4, -0.2) is 35.6 Å². The summed E-state index contributed by atoms with van der Waals surface area (Å²) < 4.78 is 5.78. The van der Waals surface area contributed by atoms with Crippen molar-refractivity contribution in [2.24, 2.45) is 5.41 Å². The standard InChI is InChI=1S/C19H25NO3/c1-4-19(12-21)5-7-20(8-6-19)18(22)17-11-15-9-13(2)14(3)10-16(15)23-17/h9-11,21H,4-8,12H2,1-3H3. The van der Waals surface area contributed by atoms with Gasteiger partial charge in [-0.25, -0.2) is 0 Å². The van der Waals surface area contributed by atoms with Gasteiger partial charge in [0.2, 0.25) is 0 Å². The van der Waals surface area contributed by atoms with Gasteiger partial charge in [0.15, 0.2) is 5.76 Å². The Balaban J connectivity index is 1.79. The predicted molar refractivity (Wildman–Crippen MR) is 90.6 cm³/mol. The van der Waals surface area contributed by atoms with E-state index in [1.165, 1.54) is 11.1 Å². The fraction of sp³-hybridized carbons (Fsp3) is 0.526. The van der Waals surface area contributed by atoms with Crippen molar-refractivity contribution in [1.82, 2.24) is 4.90 Å². The summed E-state index contributed by atoms with van der Waals surface area (Å²) in [6.45, 7) is 7.78. The van der Waals surface area contributed by atoms with Gasteiger partial charge in [0.1, 0.15) is 5.58 Å². The molecule has 1 aromatic carbocycles. The molecule has 4 heteroatoms. The number of aliphatic hydroxyl groups excluding tert-OH is 1. The summed E-state index contributed by atoms with van der Waals surface area (Å²) in [5, 5.41) is 10.6. The lowest BCUT2D eigenvalue weighted by atomic mass is 9.77. The summed E-state index contributed by atoms with van der Waals surface area (Å²) in [6, 6.07) is 5.90. The zero-order chi connectivity index (χ0) is 16.6. The van der Waals surface area contributed by atoms with Gasteiger partial charge in [-0.1, -0.05) is 6.92 Å². The molecule has 1 amide bonds. The fourth-order valence-electron chi connectivity index (χ4n) is 3.37. The Morgan fingerprint density at radius 2 is 1.87 bits per heavy atom. The SMILES string of the molecule is CCC1(CO)CCN(C(=O)c2cc3cc(C)c(C)cc3o2)CC1. The van der Waals surface area contributed by atoms with Crippen LogP contribution >= 0.6 is 0 Å². The summed E-state index contributed by atoms with van der Waals surface area (Å²) in [6.07, 6.45) is 2.66. The van der Waals surface area contributed by atoms with Crippen molar-refractivity contribution >= 4 is 16.9 Å². The average molecular weight is 315 g/mol. The molecule has 3 rings (SSSR count). The Morgan fingerprint density at radius 1 is 1.22 bits per heavy atom. The number of amides is 1. The van der Waals surface area contributed by atoms with Crippen LogP contribution in [0.2, 0.25) is 0 Å². The number of nitrogens with zero attached hydrogens (tertiary/aromatic N) is 1. The largest absolute Gasteiger partial charge is 0.451 e. The molecule has 4 nitrogen and oxygen atoms in total. The first-order valence-corrected chi connectivity index (χ1v) is 8.39. The van der Waals surface area contributed by atoms with Gasteiger partial charge in [-0.2, -0.15) is 0 Å². The lowest BCUT2D eigenvalue weighted by Crippen LogP contribution is -2.44. The number of hydrogen-bond donors (Lipinski definition) is 1. The van der Waals surface area contributed by atoms with Crippen molar-refractivity contribution in [3.63, 3.8) is 0 Å². The van der Waals surface area contributed by atoms with Gasteiger partial charge in [-0.05, 0) is 67.9 Å². The second kappa shape index (κ2) is 6.00. The molecule has 0 radical (unpaired) electrons. The van der Waals surface area contributed by atoms with E-state index in [2.05, 4.69) is 19.9 Å². The maximum atomic E-state index is 12.7. The molecule has 0 saturated carbocycles. The number of fused-ring (bicyclic) bond motifs is 1. The van der Waals surface area contributed by atoms with Crippen molar-refractivity contribution in [3.05, 3.63) is 35.1 Å². The van der Waals surface area contributed by atoms with Gasteiger partial charge >= 0.3 is 0 Å². The monoisotopic (exact) mass is 315 g/mol. The van der Waals surface area contributed by atoms with E-state index >= 15 is 0 Å². The molecular weight excluding hydrogens is 290 g/mol. The summed E-state index contributed by atoms with van der Waals surface area (Å²) >= 11 is 0. The maximum absolute atomic E-state index is 12.7. The maximum Gasteiger partial charge on any atom is 0.289 e. The molecule has 0 aliphatic carbocycles. The van der Waals surface area contributed by atoms with E-state index in [1.807, 2.05) is 24.0 Å². The van der Waals surface area contributed by atoms with Crippen molar-refractivity contribution in [2.75, 3.05) is 19.7 Å². The zero-order valence-corrected chi connectivity index (χ0v) is 14.2. The number of aliphatic hydroxyl groups is 1. The Hall–Kier alpha value is -1.81. The molecule has 0 bridgehead atoms. The molecule has 2 aromatic rings. The highest BCUT2D eigenvalue weighted by molar-refractivity contribution is 5.96. The number of hydrogen-bond acceptors (Lipinski definition) is 3. The predicted octanol–water partition coefficient (Wildman–Crippen LogP) is 3.67. The number of rotatable bonds is 3. The summed E-state index contributed by atoms with van der Waals surface area (Å²) in [4.78, 5) is 14.5. The first-order chi connectivity index (χ1) is 11.0. The van der Waals surface area contributed by atoms with Crippen molar-refractivity contribution in [3.8, 4) is 0 Å².